The van der Waals surface area contributed by atoms with Crippen LogP contribution in [0.4, 0.5) is 0 Å². The molecule has 2 heterocycles. The molecule has 0 spiro atoms. The van der Waals surface area contributed by atoms with E-state index in [1.54, 1.807) is 12.5 Å². The molecule has 2 atom stereocenters. The van der Waals surface area contributed by atoms with Crippen LogP contribution in [-0.4, -0.2) is 23.0 Å². The van der Waals surface area contributed by atoms with E-state index in [0.29, 0.717) is 0 Å². The molecule has 0 saturated heterocycles. The van der Waals surface area contributed by atoms with Crippen LogP contribution in [0.2, 0.25) is 0 Å². The summed E-state index contributed by atoms with van der Waals surface area (Å²) in [5.74, 6) is 0. The zero-order valence-electron chi connectivity index (χ0n) is 11.5. The first kappa shape index (κ1) is 13.8. The van der Waals surface area contributed by atoms with Gasteiger partial charge in [-0.1, -0.05) is 6.92 Å². The predicted octanol–water partition coefficient (Wildman–Crippen LogP) is 2.59. The molecule has 2 unspecified atom stereocenters. The summed E-state index contributed by atoms with van der Waals surface area (Å²) in [6.07, 6.45) is 8.04. The smallest absolute Gasteiger partial charge is 0.0947 e. The van der Waals surface area contributed by atoms with E-state index in [0.717, 1.165) is 18.5 Å². The molecule has 2 aromatic rings. The Morgan fingerprint density at radius 1 is 1.32 bits per heavy atom. The second kappa shape index (κ2) is 6.50. The van der Waals surface area contributed by atoms with E-state index in [1.165, 1.54) is 5.56 Å². The van der Waals surface area contributed by atoms with Gasteiger partial charge >= 0.3 is 0 Å². The highest BCUT2D eigenvalue weighted by Crippen LogP contribution is 2.25. The lowest BCUT2D eigenvalue weighted by Gasteiger charge is -2.32. The largest absolute Gasteiger partial charge is 0.472 e. The lowest BCUT2D eigenvalue weighted by atomic mass is 9.97. The minimum absolute atomic E-state index is 0.0966. The van der Waals surface area contributed by atoms with Crippen LogP contribution in [0.25, 0.3) is 0 Å². The van der Waals surface area contributed by atoms with Crippen LogP contribution in [0.15, 0.2) is 47.5 Å². The Balaban J connectivity index is 2.18. The number of likely N-dealkylation sites (N-methyl/N-ethyl adjacent to an activating group) is 1. The summed E-state index contributed by atoms with van der Waals surface area (Å²) in [7, 11) is 2.09. The third-order valence-electron chi connectivity index (χ3n) is 3.41. The molecule has 0 saturated carbocycles. The van der Waals surface area contributed by atoms with Crippen molar-refractivity contribution >= 4 is 0 Å². The quantitative estimate of drug-likeness (QED) is 0.866. The maximum Gasteiger partial charge on any atom is 0.0947 e. The van der Waals surface area contributed by atoms with Gasteiger partial charge in [-0.05, 0) is 37.2 Å². The topological polar surface area (TPSA) is 55.3 Å². The van der Waals surface area contributed by atoms with Crippen molar-refractivity contribution in [2.45, 2.75) is 32.0 Å². The highest BCUT2D eigenvalue weighted by atomic mass is 16.3. The van der Waals surface area contributed by atoms with Crippen LogP contribution in [0.1, 0.15) is 30.5 Å². The molecule has 0 radical (unpaired) electrons. The van der Waals surface area contributed by atoms with E-state index < -0.39 is 0 Å². The third kappa shape index (κ3) is 3.43. The molecule has 4 nitrogen and oxygen atoms in total. The number of nitrogens with zero attached hydrogens (tertiary/aromatic N) is 2. The van der Waals surface area contributed by atoms with Crippen LogP contribution in [0.3, 0.4) is 0 Å². The summed E-state index contributed by atoms with van der Waals surface area (Å²) in [4.78, 5) is 6.33. The highest BCUT2D eigenvalue weighted by Gasteiger charge is 2.23. The Hall–Kier alpha value is -1.65. The Labute approximate surface area is 114 Å². The molecular formula is C15H21N3O. The fraction of sp³-hybridized carbons (Fsp3) is 0.400. The van der Waals surface area contributed by atoms with Gasteiger partial charge in [0.25, 0.3) is 0 Å². The highest BCUT2D eigenvalue weighted by molar-refractivity contribution is 5.18. The van der Waals surface area contributed by atoms with Crippen LogP contribution in [0, 0.1) is 0 Å². The summed E-state index contributed by atoms with van der Waals surface area (Å²) in [6, 6.07) is 6.33. The van der Waals surface area contributed by atoms with Gasteiger partial charge in [0.2, 0.25) is 0 Å². The van der Waals surface area contributed by atoms with E-state index in [4.69, 9.17) is 10.2 Å². The molecule has 2 rings (SSSR count). The van der Waals surface area contributed by atoms with Gasteiger partial charge in [-0.3, -0.25) is 9.88 Å². The van der Waals surface area contributed by atoms with Crippen molar-refractivity contribution in [1.29, 1.82) is 0 Å². The van der Waals surface area contributed by atoms with Crippen molar-refractivity contribution in [3.05, 3.63) is 54.2 Å². The fourth-order valence-corrected chi connectivity index (χ4v) is 2.38. The van der Waals surface area contributed by atoms with Gasteiger partial charge in [0.15, 0.2) is 0 Å². The molecule has 4 heteroatoms. The van der Waals surface area contributed by atoms with E-state index in [2.05, 4.69) is 23.9 Å². The van der Waals surface area contributed by atoms with Crippen LogP contribution < -0.4 is 5.73 Å². The van der Waals surface area contributed by atoms with Crippen molar-refractivity contribution in [2.75, 3.05) is 7.05 Å². The normalized spacial score (nSPS) is 14.5. The molecule has 0 aromatic carbocycles. The monoisotopic (exact) mass is 259 g/mol. The van der Waals surface area contributed by atoms with Crippen molar-refractivity contribution in [3.8, 4) is 0 Å². The average Bonchev–Trinajstić information content (AvgIpc) is 2.93. The molecule has 2 aromatic heterocycles. The average molecular weight is 259 g/mol. The Bertz CT molecular complexity index is 469. The summed E-state index contributed by atoms with van der Waals surface area (Å²) < 4.78 is 5.12. The van der Waals surface area contributed by atoms with Crippen LogP contribution in [-0.2, 0) is 6.54 Å². The number of hydrogen-bond acceptors (Lipinski definition) is 4. The maximum atomic E-state index is 6.29. The van der Waals surface area contributed by atoms with E-state index in [9.17, 15) is 0 Å². The minimum atomic E-state index is 0.0966. The summed E-state index contributed by atoms with van der Waals surface area (Å²) in [5, 5.41) is 0. The van der Waals surface area contributed by atoms with Crippen molar-refractivity contribution < 1.29 is 4.42 Å². The van der Waals surface area contributed by atoms with E-state index in [-0.39, 0.29) is 12.1 Å². The standard InChI is InChI=1S/C15H21N3O/c1-3-14(16)15(13-4-7-17-8-5-13)18(2)10-12-6-9-19-11-12/h4-9,11,14-15H,3,10,16H2,1-2H3. The molecule has 102 valence electrons. The predicted molar refractivity (Wildman–Crippen MR) is 75.4 cm³/mol. The van der Waals surface area contributed by atoms with Gasteiger partial charge in [0, 0.05) is 30.5 Å². The number of furan rings is 1. The third-order valence-corrected chi connectivity index (χ3v) is 3.41. The Morgan fingerprint density at radius 2 is 2.05 bits per heavy atom. The first-order valence-electron chi connectivity index (χ1n) is 6.59. The molecule has 0 bridgehead atoms. The first-order valence-corrected chi connectivity index (χ1v) is 6.59. The van der Waals surface area contributed by atoms with Gasteiger partial charge in [-0.25, -0.2) is 0 Å². The van der Waals surface area contributed by atoms with Crippen molar-refractivity contribution in [3.63, 3.8) is 0 Å². The SMILES string of the molecule is CCC(N)C(c1ccncc1)N(C)Cc1ccoc1. The summed E-state index contributed by atoms with van der Waals surface area (Å²) in [5.41, 5.74) is 8.65. The molecule has 0 aliphatic heterocycles. The molecular weight excluding hydrogens is 238 g/mol. The van der Waals surface area contributed by atoms with Crippen LogP contribution >= 0.6 is 0 Å². The molecule has 0 aliphatic rings. The molecule has 0 aliphatic carbocycles. The number of pyridine rings is 1. The number of nitrogens with two attached hydrogens (primary N) is 1. The van der Waals surface area contributed by atoms with Crippen molar-refractivity contribution in [2.24, 2.45) is 5.73 Å². The van der Waals surface area contributed by atoms with Gasteiger partial charge in [-0.15, -0.1) is 0 Å². The van der Waals surface area contributed by atoms with Gasteiger partial charge < -0.3 is 10.2 Å². The fourth-order valence-electron chi connectivity index (χ4n) is 2.38. The van der Waals surface area contributed by atoms with Gasteiger partial charge in [-0.2, -0.15) is 0 Å². The first-order chi connectivity index (χ1) is 9.22. The van der Waals surface area contributed by atoms with E-state index >= 15 is 0 Å². The molecule has 0 amide bonds. The zero-order chi connectivity index (χ0) is 13.7. The Kier molecular flexibility index (Phi) is 4.71. The Morgan fingerprint density at radius 3 is 2.63 bits per heavy atom. The lowest BCUT2D eigenvalue weighted by Crippen LogP contribution is -2.38. The second-order valence-electron chi connectivity index (χ2n) is 4.84. The summed E-state index contributed by atoms with van der Waals surface area (Å²) in [6.45, 7) is 2.93. The number of aromatic nitrogens is 1. The zero-order valence-corrected chi connectivity index (χ0v) is 11.5. The second-order valence-corrected chi connectivity index (χ2v) is 4.84. The number of rotatable bonds is 6. The maximum absolute atomic E-state index is 6.29. The molecule has 2 N–H and O–H groups in total. The molecule has 0 fully saturated rings. The minimum Gasteiger partial charge on any atom is -0.472 e. The van der Waals surface area contributed by atoms with Gasteiger partial charge in [0.1, 0.15) is 0 Å². The number of hydrogen-bond donors (Lipinski definition) is 1. The lowest BCUT2D eigenvalue weighted by molar-refractivity contribution is 0.201. The van der Waals surface area contributed by atoms with Crippen LogP contribution in [0.5, 0.6) is 0 Å². The molecule has 19 heavy (non-hydrogen) atoms. The van der Waals surface area contributed by atoms with Crippen molar-refractivity contribution in [1.82, 2.24) is 9.88 Å². The van der Waals surface area contributed by atoms with E-state index in [1.807, 2.05) is 30.6 Å². The van der Waals surface area contributed by atoms with Gasteiger partial charge in [0.05, 0.1) is 18.6 Å². The summed E-state index contributed by atoms with van der Waals surface area (Å²) >= 11 is 0.